The van der Waals surface area contributed by atoms with E-state index in [4.69, 9.17) is 18.6 Å². The summed E-state index contributed by atoms with van der Waals surface area (Å²) in [5.41, 5.74) is -0.414. The van der Waals surface area contributed by atoms with Gasteiger partial charge in [-0.05, 0) is 30.3 Å². The van der Waals surface area contributed by atoms with Crippen LogP contribution >= 0.6 is 0 Å². The first-order valence-corrected chi connectivity index (χ1v) is 10.7. The van der Waals surface area contributed by atoms with Crippen molar-refractivity contribution < 1.29 is 33.3 Å². The minimum absolute atomic E-state index is 0.0501. The van der Waals surface area contributed by atoms with Crippen molar-refractivity contribution in [2.24, 2.45) is 0 Å². The van der Waals surface area contributed by atoms with Gasteiger partial charge in [-0.15, -0.1) is 0 Å². The van der Waals surface area contributed by atoms with Crippen molar-refractivity contribution in [1.29, 1.82) is 0 Å². The lowest BCUT2D eigenvalue weighted by Gasteiger charge is -2.11. The molecule has 188 valence electrons. The van der Waals surface area contributed by atoms with Crippen LogP contribution in [0.1, 0.15) is 16.3 Å². The zero-order chi connectivity index (χ0) is 26.4. The summed E-state index contributed by atoms with van der Waals surface area (Å²) < 4.78 is 21.9. The number of furan rings is 1. The van der Waals surface area contributed by atoms with Crippen LogP contribution in [0.3, 0.4) is 0 Å². The predicted molar refractivity (Wildman–Crippen MR) is 130 cm³/mol. The Morgan fingerprint density at radius 1 is 0.892 bits per heavy atom. The molecule has 0 fully saturated rings. The van der Waals surface area contributed by atoms with Crippen LogP contribution in [0.15, 0.2) is 83.3 Å². The number of hydrogen-bond donors (Lipinski definition) is 1. The monoisotopic (exact) mass is 505 g/mol. The molecule has 1 N–H and O–H groups in total. The molecule has 12 nitrogen and oxygen atoms in total. The summed E-state index contributed by atoms with van der Waals surface area (Å²) in [7, 11) is 1.46. The van der Waals surface area contributed by atoms with Crippen molar-refractivity contribution in [2.45, 2.75) is 6.61 Å². The van der Waals surface area contributed by atoms with Gasteiger partial charge in [-0.3, -0.25) is 25.0 Å². The number of benzene rings is 3. The number of anilines is 1. The van der Waals surface area contributed by atoms with Gasteiger partial charge < -0.3 is 23.9 Å². The van der Waals surface area contributed by atoms with Crippen LogP contribution < -0.4 is 19.5 Å². The van der Waals surface area contributed by atoms with Crippen LogP contribution in [0.2, 0.25) is 0 Å². The van der Waals surface area contributed by atoms with Gasteiger partial charge in [0.1, 0.15) is 18.1 Å². The molecule has 0 radical (unpaired) electrons. The van der Waals surface area contributed by atoms with Gasteiger partial charge in [0.15, 0.2) is 23.0 Å². The number of amides is 1. The first-order valence-electron chi connectivity index (χ1n) is 10.7. The lowest BCUT2D eigenvalue weighted by atomic mass is 10.2. The van der Waals surface area contributed by atoms with Crippen LogP contribution in [0, 0.1) is 20.2 Å². The van der Waals surface area contributed by atoms with Crippen molar-refractivity contribution in [3.8, 4) is 23.0 Å². The molecular weight excluding hydrogens is 486 g/mol. The molecule has 0 bridgehead atoms. The first kappa shape index (κ1) is 24.7. The fourth-order valence-electron chi connectivity index (χ4n) is 3.30. The Morgan fingerprint density at radius 3 is 2.30 bits per heavy atom. The number of para-hydroxylation sites is 4. The molecule has 4 rings (SSSR count). The molecule has 1 amide bonds. The fraction of sp³-hybridized carbons (Fsp3) is 0.0800. The molecule has 0 spiro atoms. The second-order valence-corrected chi connectivity index (χ2v) is 7.46. The quantitative estimate of drug-likeness (QED) is 0.210. The maximum atomic E-state index is 12.7. The number of ether oxygens (including phenoxy) is 3. The highest BCUT2D eigenvalue weighted by Crippen LogP contribution is 2.34. The summed E-state index contributed by atoms with van der Waals surface area (Å²) in [6, 6.07) is 19.3. The van der Waals surface area contributed by atoms with E-state index in [2.05, 4.69) is 5.32 Å². The molecule has 1 heterocycles. The van der Waals surface area contributed by atoms with E-state index in [9.17, 15) is 25.0 Å². The van der Waals surface area contributed by atoms with Crippen LogP contribution in [0.25, 0.3) is 0 Å². The Labute approximate surface area is 209 Å². The molecule has 0 aliphatic heterocycles. The van der Waals surface area contributed by atoms with Crippen LogP contribution in [-0.2, 0) is 6.61 Å². The number of nitrogens with zero attached hydrogens (tertiary/aromatic N) is 2. The maximum absolute atomic E-state index is 12.7. The van der Waals surface area contributed by atoms with Gasteiger partial charge >= 0.3 is 5.69 Å². The van der Waals surface area contributed by atoms with Gasteiger partial charge in [0.25, 0.3) is 11.6 Å². The molecule has 0 aliphatic carbocycles. The minimum atomic E-state index is -0.680. The van der Waals surface area contributed by atoms with Gasteiger partial charge in [0, 0.05) is 18.2 Å². The van der Waals surface area contributed by atoms with Gasteiger partial charge in [0.05, 0.1) is 28.7 Å². The van der Waals surface area contributed by atoms with Crippen molar-refractivity contribution in [3.63, 3.8) is 0 Å². The maximum Gasteiger partial charge on any atom is 0.310 e. The van der Waals surface area contributed by atoms with Crippen molar-refractivity contribution in [1.82, 2.24) is 0 Å². The summed E-state index contributed by atoms with van der Waals surface area (Å²) in [6.07, 6.45) is 0. The standard InChI is InChI=1S/C25H19N3O9/c1-34-22-8-4-5-9-23(22)37-19-13-16(12-17(14-19)27(30)31)26-25(29)24-11-10-18(36-24)15-35-21-7-3-2-6-20(21)28(32)33/h2-14H,15H2,1H3,(H,26,29). The molecule has 3 aromatic carbocycles. The number of nitro groups is 2. The highest BCUT2D eigenvalue weighted by Gasteiger charge is 2.18. The fourth-order valence-corrected chi connectivity index (χ4v) is 3.30. The van der Waals surface area contributed by atoms with Crippen molar-refractivity contribution in [2.75, 3.05) is 12.4 Å². The van der Waals surface area contributed by atoms with E-state index >= 15 is 0 Å². The topological polar surface area (TPSA) is 156 Å². The van der Waals surface area contributed by atoms with E-state index in [0.29, 0.717) is 11.5 Å². The Morgan fingerprint density at radius 2 is 1.59 bits per heavy atom. The average Bonchev–Trinajstić information content (AvgIpc) is 3.37. The number of non-ortho nitro benzene ring substituents is 1. The number of rotatable bonds is 10. The van der Waals surface area contributed by atoms with Crippen molar-refractivity contribution >= 4 is 23.0 Å². The van der Waals surface area contributed by atoms with E-state index in [1.165, 1.54) is 55.6 Å². The third-order valence-corrected chi connectivity index (χ3v) is 4.97. The zero-order valence-corrected chi connectivity index (χ0v) is 19.3. The third kappa shape index (κ3) is 6.00. The Kier molecular flexibility index (Phi) is 7.29. The number of nitrogens with one attached hydrogen (secondary N) is 1. The largest absolute Gasteiger partial charge is 0.493 e. The number of carbonyl (C=O) groups is 1. The summed E-state index contributed by atoms with van der Waals surface area (Å²) in [5, 5.41) is 25.1. The third-order valence-electron chi connectivity index (χ3n) is 4.97. The molecule has 37 heavy (non-hydrogen) atoms. The molecule has 0 aliphatic rings. The van der Waals surface area contributed by atoms with Gasteiger partial charge in [0.2, 0.25) is 0 Å². The lowest BCUT2D eigenvalue weighted by molar-refractivity contribution is -0.386. The van der Waals surface area contributed by atoms with E-state index in [-0.39, 0.29) is 46.7 Å². The molecule has 0 atom stereocenters. The SMILES string of the molecule is COc1ccccc1Oc1cc(NC(=O)c2ccc(COc3ccccc3[N+](=O)[O-])o2)cc([N+](=O)[O-])c1. The van der Waals surface area contributed by atoms with Crippen LogP contribution in [-0.4, -0.2) is 22.9 Å². The van der Waals surface area contributed by atoms with E-state index < -0.39 is 15.8 Å². The summed E-state index contributed by atoms with van der Waals surface area (Å²) in [5.74, 6) is 0.368. The summed E-state index contributed by atoms with van der Waals surface area (Å²) in [4.78, 5) is 34.1. The molecular formula is C25H19N3O9. The predicted octanol–water partition coefficient (Wildman–Crippen LogP) is 5.73. The molecule has 4 aromatic rings. The number of carbonyl (C=O) groups excluding carboxylic acids is 1. The van der Waals surface area contributed by atoms with Crippen molar-refractivity contribution in [3.05, 3.63) is 111 Å². The molecule has 0 saturated carbocycles. The molecule has 12 heteroatoms. The van der Waals surface area contributed by atoms with Gasteiger partial charge in [-0.25, -0.2) is 0 Å². The number of hydrogen-bond acceptors (Lipinski definition) is 9. The normalized spacial score (nSPS) is 10.4. The summed E-state index contributed by atoms with van der Waals surface area (Å²) in [6.45, 7) is -0.161. The second-order valence-electron chi connectivity index (χ2n) is 7.46. The lowest BCUT2D eigenvalue weighted by Crippen LogP contribution is -2.11. The Balaban J connectivity index is 1.48. The molecule has 0 saturated heterocycles. The Bertz CT molecular complexity index is 1470. The van der Waals surface area contributed by atoms with E-state index in [1.54, 1.807) is 30.3 Å². The number of methoxy groups -OCH3 is 1. The Hall–Kier alpha value is -5.39. The number of nitro benzene ring substituents is 2. The highest BCUT2D eigenvalue weighted by atomic mass is 16.6. The first-order chi connectivity index (χ1) is 17.8. The molecule has 1 aromatic heterocycles. The van der Waals surface area contributed by atoms with E-state index in [0.717, 1.165) is 0 Å². The molecule has 0 unspecified atom stereocenters. The average molecular weight is 505 g/mol. The van der Waals surface area contributed by atoms with Gasteiger partial charge in [-0.1, -0.05) is 24.3 Å². The summed E-state index contributed by atoms with van der Waals surface area (Å²) >= 11 is 0. The van der Waals surface area contributed by atoms with Gasteiger partial charge in [-0.2, -0.15) is 0 Å². The van der Waals surface area contributed by atoms with Crippen LogP contribution in [0.5, 0.6) is 23.0 Å². The minimum Gasteiger partial charge on any atom is -0.493 e. The van der Waals surface area contributed by atoms with E-state index in [1.807, 2.05) is 0 Å². The zero-order valence-electron chi connectivity index (χ0n) is 19.3. The second kappa shape index (κ2) is 10.9. The highest BCUT2D eigenvalue weighted by molar-refractivity contribution is 6.02. The van der Waals surface area contributed by atoms with Crippen LogP contribution in [0.4, 0.5) is 17.1 Å². The smallest absolute Gasteiger partial charge is 0.310 e.